The SMILES string of the molecule is CN=C(NCC1CC=CCC1)NCC(O)c1cnn(C)c1. The van der Waals surface area contributed by atoms with Gasteiger partial charge in [-0.05, 0) is 25.2 Å². The van der Waals surface area contributed by atoms with E-state index in [1.54, 1.807) is 17.9 Å². The molecule has 6 heteroatoms. The fraction of sp³-hybridized carbons (Fsp3) is 0.600. The molecular weight excluding hydrogens is 266 g/mol. The molecule has 0 aromatic carbocycles. The predicted octanol–water partition coefficient (Wildman–Crippen LogP) is 0.975. The minimum absolute atomic E-state index is 0.413. The van der Waals surface area contributed by atoms with Crippen molar-refractivity contribution in [2.24, 2.45) is 18.0 Å². The summed E-state index contributed by atoms with van der Waals surface area (Å²) in [6, 6.07) is 0. The molecule has 0 spiro atoms. The standard InChI is InChI=1S/C15H25N5O/c1-16-15(17-8-12-6-4-3-5-7-12)18-10-14(21)13-9-19-20(2)11-13/h3-4,9,11-12,14,21H,5-8,10H2,1-2H3,(H2,16,17,18). The molecule has 0 radical (unpaired) electrons. The van der Waals surface area contributed by atoms with Crippen LogP contribution >= 0.6 is 0 Å². The van der Waals surface area contributed by atoms with Crippen LogP contribution in [0.4, 0.5) is 0 Å². The number of hydrogen-bond donors (Lipinski definition) is 3. The van der Waals surface area contributed by atoms with Crippen molar-refractivity contribution in [2.75, 3.05) is 20.1 Å². The monoisotopic (exact) mass is 291 g/mol. The number of aromatic nitrogens is 2. The molecule has 0 fully saturated rings. The van der Waals surface area contributed by atoms with Crippen LogP contribution in [0.1, 0.15) is 30.9 Å². The van der Waals surface area contributed by atoms with Crippen molar-refractivity contribution in [3.05, 3.63) is 30.1 Å². The third kappa shape index (κ3) is 4.90. The maximum absolute atomic E-state index is 10.1. The number of allylic oxidation sites excluding steroid dienone is 2. The van der Waals surface area contributed by atoms with E-state index in [0.29, 0.717) is 12.5 Å². The second kappa shape index (κ2) is 7.83. The van der Waals surface area contributed by atoms with Crippen LogP contribution in [0.3, 0.4) is 0 Å². The number of rotatable bonds is 5. The second-order valence-electron chi connectivity index (χ2n) is 5.45. The molecule has 0 amide bonds. The quantitative estimate of drug-likeness (QED) is 0.429. The van der Waals surface area contributed by atoms with Crippen molar-refractivity contribution in [3.8, 4) is 0 Å². The lowest BCUT2D eigenvalue weighted by Crippen LogP contribution is -2.41. The van der Waals surface area contributed by atoms with E-state index in [4.69, 9.17) is 0 Å². The number of guanidine groups is 1. The van der Waals surface area contributed by atoms with Crippen LogP contribution in [0.25, 0.3) is 0 Å². The van der Waals surface area contributed by atoms with Crippen LogP contribution in [0.2, 0.25) is 0 Å². The highest BCUT2D eigenvalue weighted by Gasteiger charge is 2.12. The highest BCUT2D eigenvalue weighted by atomic mass is 16.3. The van der Waals surface area contributed by atoms with E-state index in [9.17, 15) is 5.11 Å². The first-order chi connectivity index (χ1) is 10.2. The molecule has 2 rings (SSSR count). The number of aliphatic hydroxyl groups excluding tert-OH is 1. The molecule has 21 heavy (non-hydrogen) atoms. The van der Waals surface area contributed by atoms with Gasteiger partial charge in [0.2, 0.25) is 0 Å². The Kier molecular flexibility index (Phi) is 5.80. The Morgan fingerprint density at radius 3 is 3.00 bits per heavy atom. The van der Waals surface area contributed by atoms with E-state index in [2.05, 4.69) is 32.9 Å². The summed E-state index contributed by atoms with van der Waals surface area (Å²) in [5.41, 5.74) is 0.804. The number of aryl methyl sites for hydroxylation is 1. The maximum atomic E-state index is 10.1. The molecule has 3 N–H and O–H groups in total. The Bertz CT molecular complexity index is 494. The average molecular weight is 291 g/mol. The zero-order valence-corrected chi connectivity index (χ0v) is 12.8. The summed E-state index contributed by atoms with van der Waals surface area (Å²) in [5.74, 6) is 1.39. The highest BCUT2D eigenvalue weighted by molar-refractivity contribution is 5.79. The maximum Gasteiger partial charge on any atom is 0.191 e. The number of aliphatic imine (C=N–C) groups is 1. The predicted molar refractivity (Wildman–Crippen MR) is 84.0 cm³/mol. The number of hydrogen-bond acceptors (Lipinski definition) is 3. The van der Waals surface area contributed by atoms with Crippen molar-refractivity contribution < 1.29 is 5.11 Å². The molecule has 6 nitrogen and oxygen atoms in total. The van der Waals surface area contributed by atoms with Gasteiger partial charge >= 0.3 is 0 Å². The number of nitrogens with one attached hydrogen (secondary N) is 2. The van der Waals surface area contributed by atoms with Gasteiger partial charge in [-0.3, -0.25) is 9.67 Å². The fourth-order valence-corrected chi connectivity index (χ4v) is 2.43. The molecular formula is C15H25N5O. The normalized spacial score (nSPS) is 20.3. The molecule has 2 atom stereocenters. The van der Waals surface area contributed by atoms with Gasteiger partial charge in [-0.2, -0.15) is 5.10 Å². The molecule has 116 valence electrons. The Balaban J connectivity index is 1.73. The summed E-state index contributed by atoms with van der Waals surface area (Å²) in [7, 11) is 3.58. The first kappa shape index (κ1) is 15.6. The van der Waals surface area contributed by atoms with Gasteiger partial charge in [0.1, 0.15) is 0 Å². The smallest absolute Gasteiger partial charge is 0.191 e. The van der Waals surface area contributed by atoms with Crippen LogP contribution in [0.5, 0.6) is 0 Å². The third-order valence-electron chi connectivity index (χ3n) is 3.73. The number of aliphatic hydroxyl groups is 1. The molecule has 1 aliphatic carbocycles. The molecule has 0 bridgehead atoms. The Morgan fingerprint density at radius 1 is 1.52 bits per heavy atom. The van der Waals surface area contributed by atoms with Crippen LogP contribution < -0.4 is 10.6 Å². The molecule has 1 aliphatic rings. The number of nitrogens with zero attached hydrogens (tertiary/aromatic N) is 3. The van der Waals surface area contributed by atoms with E-state index >= 15 is 0 Å². The van der Waals surface area contributed by atoms with Crippen molar-refractivity contribution in [1.82, 2.24) is 20.4 Å². The molecule has 1 aromatic rings. The Labute approximate surface area is 126 Å². The van der Waals surface area contributed by atoms with Crippen LogP contribution in [0.15, 0.2) is 29.5 Å². The summed E-state index contributed by atoms with van der Waals surface area (Å²) in [6.45, 7) is 1.32. The van der Waals surface area contributed by atoms with Crippen molar-refractivity contribution in [3.63, 3.8) is 0 Å². The Hall–Kier alpha value is -1.82. The minimum atomic E-state index is -0.588. The van der Waals surface area contributed by atoms with Gasteiger partial charge in [0.05, 0.1) is 12.3 Å². The van der Waals surface area contributed by atoms with E-state index in [0.717, 1.165) is 30.9 Å². The summed E-state index contributed by atoms with van der Waals surface area (Å²) < 4.78 is 1.68. The second-order valence-corrected chi connectivity index (χ2v) is 5.45. The summed E-state index contributed by atoms with van der Waals surface area (Å²) >= 11 is 0. The van der Waals surface area contributed by atoms with Crippen LogP contribution in [0, 0.1) is 5.92 Å². The molecule has 1 aromatic heterocycles. The van der Waals surface area contributed by atoms with Gasteiger partial charge in [-0.1, -0.05) is 12.2 Å². The molecule has 0 aliphatic heterocycles. The van der Waals surface area contributed by atoms with Gasteiger partial charge in [-0.25, -0.2) is 0 Å². The van der Waals surface area contributed by atoms with Gasteiger partial charge in [0.15, 0.2) is 5.96 Å². The highest BCUT2D eigenvalue weighted by Crippen LogP contribution is 2.16. The first-order valence-electron chi connectivity index (χ1n) is 7.45. The largest absolute Gasteiger partial charge is 0.386 e. The van der Waals surface area contributed by atoms with Crippen molar-refractivity contribution in [2.45, 2.75) is 25.4 Å². The summed E-state index contributed by atoms with van der Waals surface area (Å²) in [6.07, 6.45) is 10.9. The van der Waals surface area contributed by atoms with Crippen LogP contribution in [-0.2, 0) is 7.05 Å². The molecule has 2 unspecified atom stereocenters. The van der Waals surface area contributed by atoms with Gasteiger partial charge in [0.25, 0.3) is 0 Å². The van der Waals surface area contributed by atoms with Gasteiger partial charge in [0, 0.05) is 38.9 Å². The van der Waals surface area contributed by atoms with E-state index in [1.807, 2.05) is 13.2 Å². The molecule has 0 saturated carbocycles. The zero-order chi connectivity index (χ0) is 15.1. The van der Waals surface area contributed by atoms with Gasteiger partial charge < -0.3 is 15.7 Å². The first-order valence-corrected chi connectivity index (χ1v) is 7.45. The zero-order valence-electron chi connectivity index (χ0n) is 12.8. The van der Waals surface area contributed by atoms with Crippen LogP contribution in [-0.4, -0.2) is 41.0 Å². The summed E-state index contributed by atoms with van der Waals surface area (Å²) in [4.78, 5) is 4.19. The Morgan fingerprint density at radius 2 is 2.38 bits per heavy atom. The third-order valence-corrected chi connectivity index (χ3v) is 3.73. The van der Waals surface area contributed by atoms with E-state index in [1.165, 1.54) is 6.42 Å². The molecule has 0 saturated heterocycles. The van der Waals surface area contributed by atoms with E-state index in [-0.39, 0.29) is 0 Å². The van der Waals surface area contributed by atoms with Crippen molar-refractivity contribution in [1.29, 1.82) is 0 Å². The lowest BCUT2D eigenvalue weighted by molar-refractivity contribution is 0.180. The van der Waals surface area contributed by atoms with Gasteiger partial charge in [-0.15, -0.1) is 0 Å². The lowest BCUT2D eigenvalue weighted by atomic mass is 9.94. The molecule has 1 heterocycles. The van der Waals surface area contributed by atoms with Crippen molar-refractivity contribution >= 4 is 5.96 Å². The summed E-state index contributed by atoms with van der Waals surface area (Å²) in [5, 5.41) is 20.6. The topological polar surface area (TPSA) is 74.5 Å². The lowest BCUT2D eigenvalue weighted by Gasteiger charge is -2.20. The average Bonchev–Trinajstić information content (AvgIpc) is 2.95. The fourth-order valence-electron chi connectivity index (χ4n) is 2.43. The minimum Gasteiger partial charge on any atom is -0.386 e. The van der Waals surface area contributed by atoms with E-state index < -0.39 is 6.10 Å².